The summed E-state index contributed by atoms with van der Waals surface area (Å²) in [5.74, 6) is -0.687. The first-order valence-electron chi connectivity index (χ1n) is 9.41. The Hall–Kier alpha value is -3.10. The van der Waals surface area contributed by atoms with Crippen molar-refractivity contribution in [3.63, 3.8) is 0 Å². The molecule has 2 N–H and O–H groups in total. The minimum atomic E-state index is -0.626. The number of hydrogen-bond acceptors (Lipinski definition) is 5. The van der Waals surface area contributed by atoms with Crippen LogP contribution in [0.1, 0.15) is 36.7 Å². The molecular weight excluding hydrogens is 376 g/mol. The molecule has 9 heteroatoms. The van der Waals surface area contributed by atoms with E-state index in [1.807, 2.05) is 0 Å². The Labute approximate surface area is 170 Å². The maximum absolute atomic E-state index is 12.4. The van der Waals surface area contributed by atoms with Gasteiger partial charge in [0.15, 0.2) is 0 Å². The maximum atomic E-state index is 12.4. The highest BCUT2D eigenvalue weighted by molar-refractivity contribution is 5.97. The van der Waals surface area contributed by atoms with Crippen LogP contribution in [-0.4, -0.2) is 72.4 Å². The molecule has 0 radical (unpaired) electrons. The van der Waals surface area contributed by atoms with E-state index in [1.165, 1.54) is 16.8 Å². The molecule has 0 bridgehead atoms. The summed E-state index contributed by atoms with van der Waals surface area (Å²) >= 11 is 0. The van der Waals surface area contributed by atoms with Crippen LogP contribution in [0.25, 0.3) is 0 Å². The molecule has 9 nitrogen and oxygen atoms in total. The summed E-state index contributed by atoms with van der Waals surface area (Å²) in [6.45, 7) is 6.40. The number of likely N-dealkylation sites (N-methyl/N-ethyl adjacent to an activating group) is 1. The van der Waals surface area contributed by atoms with E-state index in [4.69, 9.17) is 4.74 Å². The quantitative estimate of drug-likeness (QED) is 0.753. The van der Waals surface area contributed by atoms with Crippen LogP contribution in [-0.2, 0) is 20.9 Å². The molecule has 1 heterocycles. The van der Waals surface area contributed by atoms with Gasteiger partial charge in [-0.2, -0.15) is 0 Å². The average Bonchev–Trinajstić information content (AvgIpc) is 2.65. The minimum absolute atomic E-state index is 0.0573. The highest BCUT2D eigenvalue weighted by Crippen LogP contribution is 2.10. The fraction of sp³-hybridized carbons (Fsp3) is 0.500. The van der Waals surface area contributed by atoms with Crippen molar-refractivity contribution in [3.05, 3.63) is 35.4 Å². The third-order valence-electron chi connectivity index (χ3n) is 4.10. The number of rotatable bonds is 5. The second kappa shape index (κ2) is 9.40. The van der Waals surface area contributed by atoms with Crippen LogP contribution in [0.4, 0.5) is 4.79 Å². The van der Waals surface area contributed by atoms with E-state index in [-0.39, 0.29) is 37.4 Å². The van der Waals surface area contributed by atoms with Crippen LogP contribution in [0.15, 0.2) is 24.3 Å². The van der Waals surface area contributed by atoms with Crippen molar-refractivity contribution in [2.45, 2.75) is 32.9 Å². The van der Waals surface area contributed by atoms with Gasteiger partial charge >= 0.3 is 6.09 Å². The van der Waals surface area contributed by atoms with Gasteiger partial charge in [-0.15, -0.1) is 0 Å². The van der Waals surface area contributed by atoms with Crippen LogP contribution < -0.4 is 10.6 Å². The summed E-state index contributed by atoms with van der Waals surface area (Å²) in [5.41, 5.74) is 0.671. The number of nitrogens with one attached hydrogen (secondary N) is 2. The number of hydrogen-bond donors (Lipinski definition) is 2. The molecule has 0 aliphatic carbocycles. The lowest BCUT2D eigenvalue weighted by Crippen LogP contribution is -2.49. The molecule has 1 aliphatic rings. The summed E-state index contributed by atoms with van der Waals surface area (Å²) in [5, 5.41) is 5.41. The number of benzene rings is 1. The average molecular weight is 404 g/mol. The normalized spacial score (nSPS) is 14.1. The Kier molecular flexibility index (Phi) is 7.19. The second-order valence-electron chi connectivity index (χ2n) is 7.89. The molecule has 1 aliphatic heterocycles. The Morgan fingerprint density at radius 1 is 1.21 bits per heavy atom. The van der Waals surface area contributed by atoms with Gasteiger partial charge in [-0.05, 0) is 38.5 Å². The first-order chi connectivity index (χ1) is 13.5. The molecule has 2 rings (SSSR count). The fourth-order valence-corrected chi connectivity index (χ4v) is 2.64. The smallest absolute Gasteiger partial charge is 0.410 e. The largest absolute Gasteiger partial charge is 0.444 e. The van der Waals surface area contributed by atoms with Gasteiger partial charge in [0.05, 0.1) is 6.54 Å². The van der Waals surface area contributed by atoms with E-state index in [9.17, 15) is 19.2 Å². The van der Waals surface area contributed by atoms with Crippen molar-refractivity contribution >= 4 is 23.8 Å². The van der Waals surface area contributed by atoms with E-state index in [0.717, 1.165) is 5.56 Å². The second-order valence-corrected chi connectivity index (χ2v) is 7.89. The molecule has 0 unspecified atom stereocenters. The Morgan fingerprint density at radius 3 is 2.45 bits per heavy atom. The monoisotopic (exact) mass is 404 g/mol. The topological polar surface area (TPSA) is 108 Å². The van der Waals surface area contributed by atoms with E-state index >= 15 is 0 Å². The van der Waals surface area contributed by atoms with E-state index in [2.05, 4.69) is 10.6 Å². The first kappa shape index (κ1) is 22.2. The molecule has 0 aromatic heterocycles. The highest BCUT2D eigenvalue weighted by atomic mass is 16.6. The predicted molar refractivity (Wildman–Crippen MR) is 106 cm³/mol. The molecule has 0 atom stereocenters. The molecule has 1 saturated heterocycles. The van der Waals surface area contributed by atoms with Crippen molar-refractivity contribution in [2.24, 2.45) is 0 Å². The lowest BCUT2D eigenvalue weighted by Gasteiger charge is -2.26. The Morgan fingerprint density at radius 2 is 1.86 bits per heavy atom. The van der Waals surface area contributed by atoms with E-state index < -0.39 is 11.7 Å². The third kappa shape index (κ3) is 7.10. The SMILES string of the molecule is CN(CC(=O)NCc1ccc(C(=O)N2CCNC(=O)C2)cc1)C(=O)OC(C)(C)C. The predicted octanol–water partition coefficient (Wildman–Crippen LogP) is 0.742. The van der Waals surface area contributed by atoms with Crippen molar-refractivity contribution in [1.82, 2.24) is 20.4 Å². The Balaban J connectivity index is 1.82. The number of piperazine rings is 1. The standard InChI is InChI=1S/C20H28N4O5/c1-20(2,3)29-19(28)23(4)12-16(25)22-11-14-5-7-15(8-6-14)18(27)24-10-9-21-17(26)13-24/h5-8H,9-13H2,1-4H3,(H,21,26)(H,22,25). The summed E-state index contributed by atoms with van der Waals surface area (Å²) in [6, 6.07) is 6.83. The van der Waals surface area contributed by atoms with Gasteiger partial charge in [0.1, 0.15) is 12.1 Å². The van der Waals surface area contributed by atoms with Gasteiger partial charge in [0, 0.05) is 32.2 Å². The number of amides is 4. The Bertz CT molecular complexity index is 770. The third-order valence-corrected chi connectivity index (χ3v) is 4.10. The lowest BCUT2D eigenvalue weighted by atomic mass is 10.1. The fourth-order valence-electron chi connectivity index (χ4n) is 2.64. The van der Waals surface area contributed by atoms with Crippen molar-refractivity contribution in [2.75, 3.05) is 33.2 Å². The highest BCUT2D eigenvalue weighted by Gasteiger charge is 2.22. The molecule has 0 saturated carbocycles. The van der Waals surface area contributed by atoms with Crippen LogP contribution in [0.5, 0.6) is 0 Å². The van der Waals surface area contributed by atoms with Gasteiger partial charge in [0.2, 0.25) is 11.8 Å². The summed E-state index contributed by atoms with van der Waals surface area (Å²) < 4.78 is 5.20. The van der Waals surface area contributed by atoms with Crippen LogP contribution in [0.3, 0.4) is 0 Å². The number of nitrogens with zero attached hydrogens (tertiary/aromatic N) is 2. The van der Waals surface area contributed by atoms with Crippen LogP contribution in [0.2, 0.25) is 0 Å². The summed E-state index contributed by atoms with van der Waals surface area (Å²) in [6.07, 6.45) is -0.568. The molecule has 1 aromatic carbocycles. The zero-order valence-electron chi connectivity index (χ0n) is 17.3. The molecule has 0 spiro atoms. The lowest BCUT2D eigenvalue weighted by molar-refractivity contribution is -0.123. The van der Waals surface area contributed by atoms with Gasteiger partial charge < -0.3 is 25.2 Å². The maximum Gasteiger partial charge on any atom is 0.410 e. The zero-order valence-corrected chi connectivity index (χ0v) is 17.3. The molecule has 158 valence electrons. The first-order valence-corrected chi connectivity index (χ1v) is 9.41. The molecule has 1 fully saturated rings. The molecule has 4 amide bonds. The zero-order chi connectivity index (χ0) is 21.6. The summed E-state index contributed by atoms with van der Waals surface area (Å²) in [4.78, 5) is 50.5. The van der Waals surface area contributed by atoms with Gasteiger partial charge in [0.25, 0.3) is 5.91 Å². The van der Waals surface area contributed by atoms with Crippen LogP contribution >= 0.6 is 0 Å². The van der Waals surface area contributed by atoms with Crippen molar-refractivity contribution in [3.8, 4) is 0 Å². The number of carbonyl (C=O) groups is 4. The van der Waals surface area contributed by atoms with E-state index in [1.54, 1.807) is 45.0 Å². The van der Waals surface area contributed by atoms with Gasteiger partial charge in [-0.1, -0.05) is 12.1 Å². The van der Waals surface area contributed by atoms with Crippen LogP contribution in [0, 0.1) is 0 Å². The minimum Gasteiger partial charge on any atom is -0.444 e. The van der Waals surface area contributed by atoms with Crippen molar-refractivity contribution < 1.29 is 23.9 Å². The van der Waals surface area contributed by atoms with Crippen molar-refractivity contribution in [1.29, 1.82) is 0 Å². The van der Waals surface area contributed by atoms with E-state index in [0.29, 0.717) is 18.7 Å². The molecular formula is C20H28N4O5. The number of carbonyl (C=O) groups excluding carboxylic acids is 4. The molecule has 1 aromatic rings. The molecule has 29 heavy (non-hydrogen) atoms. The summed E-state index contributed by atoms with van der Waals surface area (Å²) in [7, 11) is 1.49. The van der Waals surface area contributed by atoms with Gasteiger partial charge in [-0.25, -0.2) is 4.79 Å². The number of ether oxygens (including phenoxy) is 1. The van der Waals surface area contributed by atoms with Gasteiger partial charge in [-0.3, -0.25) is 14.4 Å².